The van der Waals surface area contributed by atoms with E-state index in [1.54, 1.807) is 13.8 Å². The maximum atomic E-state index is 9.11. The standard InChI is InChI=1S/C6H12O4/c1-5(2)6(7,8)10-4-3-9-5/h7-8H,3-4H2,1-2H3. The van der Waals surface area contributed by atoms with Gasteiger partial charge in [0.05, 0.1) is 13.2 Å². The van der Waals surface area contributed by atoms with Crippen molar-refractivity contribution in [3.63, 3.8) is 0 Å². The summed E-state index contributed by atoms with van der Waals surface area (Å²) in [5, 5.41) is 18.2. The maximum absolute atomic E-state index is 9.11. The zero-order valence-electron chi connectivity index (χ0n) is 6.13. The second-order valence-corrected chi connectivity index (χ2v) is 2.82. The fourth-order valence-corrected chi connectivity index (χ4v) is 0.749. The summed E-state index contributed by atoms with van der Waals surface area (Å²) in [5.74, 6) is -2.15. The summed E-state index contributed by atoms with van der Waals surface area (Å²) in [6.07, 6.45) is 0. The predicted octanol–water partition coefficient (Wildman–Crippen LogP) is -0.550. The van der Waals surface area contributed by atoms with Gasteiger partial charge < -0.3 is 19.7 Å². The third kappa shape index (κ3) is 1.15. The molecule has 0 spiro atoms. The first kappa shape index (κ1) is 7.94. The molecule has 0 aliphatic carbocycles. The first-order chi connectivity index (χ1) is 4.46. The Bertz CT molecular complexity index is 114. The third-order valence-electron chi connectivity index (χ3n) is 1.63. The van der Waals surface area contributed by atoms with Crippen LogP contribution in [0.1, 0.15) is 13.8 Å². The molecule has 1 fully saturated rings. The van der Waals surface area contributed by atoms with Gasteiger partial charge in [-0.15, -0.1) is 0 Å². The summed E-state index contributed by atoms with van der Waals surface area (Å²) >= 11 is 0. The molecular weight excluding hydrogens is 136 g/mol. The van der Waals surface area contributed by atoms with Crippen molar-refractivity contribution in [2.24, 2.45) is 0 Å². The fourth-order valence-electron chi connectivity index (χ4n) is 0.749. The van der Waals surface area contributed by atoms with Crippen LogP contribution in [0.15, 0.2) is 0 Å². The summed E-state index contributed by atoms with van der Waals surface area (Å²) < 4.78 is 9.72. The number of rotatable bonds is 0. The van der Waals surface area contributed by atoms with Crippen molar-refractivity contribution in [3.8, 4) is 0 Å². The average Bonchev–Trinajstić information content (AvgIpc) is 1.77. The second-order valence-electron chi connectivity index (χ2n) is 2.82. The lowest BCUT2D eigenvalue weighted by Gasteiger charge is -2.40. The molecule has 0 radical (unpaired) electrons. The zero-order chi connectivity index (χ0) is 7.83. The van der Waals surface area contributed by atoms with Gasteiger partial charge in [-0.25, -0.2) is 0 Å². The highest BCUT2D eigenvalue weighted by molar-refractivity contribution is 4.80. The van der Waals surface area contributed by atoms with Crippen molar-refractivity contribution >= 4 is 0 Å². The van der Waals surface area contributed by atoms with Gasteiger partial charge in [0, 0.05) is 0 Å². The fraction of sp³-hybridized carbons (Fsp3) is 1.00. The molecule has 60 valence electrons. The Morgan fingerprint density at radius 3 is 1.90 bits per heavy atom. The zero-order valence-corrected chi connectivity index (χ0v) is 6.13. The summed E-state index contributed by atoms with van der Waals surface area (Å²) in [6, 6.07) is 0. The molecule has 0 atom stereocenters. The van der Waals surface area contributed by atoms with Crippen LogP contribution in [-0.4, -0.2) is 35.0 Å². The summed E-state index contributed by atoms with van der Waals surface area (Å²) in [4.78, 5) is 0. The number of hydrogen-bond donors (Lipinski definition) is 2. The van der Waals surface area contributed by atoms with Crippen LogP contribution in [0, 0.1) is 0 Å². The van der Waals surface area contributed by atoms with Crippen LogP contribution in [0.2, 0.25) is 0 Å². The van der Waals surface area contributed by atoms with Crippen LogP contribution in [0.5, 0.6) is 0 Å². The van der Waals surface area contributed by atoms with Gasteiger partial charge in [-0.3, -0.25) is 0 Å². The van der Waals surface area contributed by atoms with Crippen molar-refractivity contribution in [2.45, 2.75) is 25.4 Å². The highest BCUT2D eigenvalue weighted by Gasteiger charge is 2.47. The Hall–Kier alpha value is -0.160. The SMILES string of the molecule is CC1(C)OCCOC1(O)O. The lowest BCUT2D eigenvalue weighted by atomic mass is 10.1. The molecule has 1 heterocycles. The van der Waals surface area contributed by atoms with E-state index in [1.165, 1.54) is 0 Å². The van der Waals surface area contributed by atoms with E-state index in [1.807, 2.05) is 0 Å². The Morgan fingerprint density at radius 1 is 1.10 bits per heavy atom. The highest BCUT2D eigenvalue weighted by atomic mass is 16.8. The van der Waals surface area contributed by atoms with Crippen molar-refractivity contribution in [1.82, 2.24) is 0 Å². The quantitative estimate of drug-likeness (QED) is 0.452. The van der Waals surface area contributed by atoms with Crippen molar-refractivity contribution in [1.29, 1.82) is 0 Å². The second kappa shape index (κ2) is 2.17. The van der Waals surface area contributed by atoms with Gasteiger partial charge in [-0.05, 0) is 13.8 Å². The van der Waals surface area contributed by atoms with Crippen molar-refractivity contribution < 1.29 is 19.7 Å². The molecule has 0 bridgehead atoms. The van der Waals surface area contributed by atoms with E-state index < -0.39 is 11.6 Å². The van der Waals surface area contributed by atoms with Gasteiger partial charge in [0.1, 0.15) is 5.60 Å². The molecule has 10 heavy (non-hydrogen) atoms. The van der Waals surface area contributed by atoms with Crippen LogP contribution in [-0.2, 0) is 9.47 Å². The van der Waals surface area contributed by atoms with Gasteiger partial charge in [0.15, 0.2) is 0 Å². The first-order valence-corrected chi connectivity index (χ1v) is 3.18. The minimum Gasteiger partial charge on any atom is -0.365 e. The normalized spacial score (nSPS) is 30.0. The molecule has 4 heteroatoms. The van der Waals surface area contributed by atoms with Crippen molar-refractivity contribution in [2.75, 3.05) is 13.2 Å². The Kier molecular flexibility index (Phi) is 1.72. The molecule has 0 aromatic carbocycles. The molecule has 1 aliphatic rings. The molecule has 2 N–H and O–H groups in total. The van der Waals surface area contributed by atoms with Gasteiger partial charge >= 0.3 is 5.97 Å². The van der Waals surface area contributed by atoms with Crippen LogP contribution in [0.3, 0.4) is 0 Å². The largest absolute Gasteiger partial charge is 0.365 e. The smallest absolute Gasteiger partial charge is 0.308 e. The van der Waals surface area contributed by atoms with E-state index >= 15 is 0 Å². The van der Waals surface area contributed by atoms with Gasteiger partial charge in [0.25, 0.3) is 0 Å². The monoisotopic (exact) mass is 148 g/mol. The molecule has 0 unspecified atom stereocenters. The van der Waals surface area contributed by atoms with Crippen LogP contribution >= 0.6 is 0 Å². The number of ether oxygens (including phenoxy) is 2. The van der Waals surface area contributed by atoms with E-state index in [4.69, 9.17) is 14.9 Å². The molecular formula is C6H12O4. The van der Waals surface area contributed by atoms with E-state index in [0.717, 1.165) is 0 Å². The molecule has 0 saturated carbocycles. The van der Waals surface area contributed by atoms with Crippen molar-refractivity contribution in [3.05, 3.63) is 0 Å². The summed E-state index contributed by atoms with van der Waals surface area (Å²) in [6.45, 7) is 3.74. The summed E-state index contributed by atoms with van der Waals surface area (Å²) in [5.41, 5.74) is -1.04. The molecule has 4 nitrogen and oxygen atoms in total. The Balaban J connectivity index is 2.70. The van der Waals surface area contributed by atoms with Crippen LogP contribution in [0.25, 0.3) is 0 Å². The number of aliphatic hydroxyl groups is 2. The number of hydrogen-bond acceptors (Lipinski definition) is 4. The van der Waals surface area contributed by atoms with E-state index in [0.29, 0.717) is 6.61 Å². The minimum atomic E-state index is -2.15. The lowest BCUT2D eigenvalue weighted by Crippen LogP contribution is -2.57. The lowest BCUT2D eigenvalue weighted by molar-refractivity contribution is -0.434. The Morgan fingerprint density at radius 2 is 1.60 bits per heavy atom. The molecule has 1 rings (SSSR count). The van der Waals surface area contributed by atoms with Crippen LogP contribution in [0.4, 0.5) is 0 Å². The van der Waals surface area contributed by atoms with Gasteiger partial charge in [-0.1, -0.05) is 0 Å². The van der Waals surface area contributed by atoms with E-state index in [-0.39, 0.29) is 6.61 Å². The highest BCUT2D eigenvalue weighted by Crippen LogP contribution is 2.27. The van der Waals surface area contributed by atoms with Crippen LogP contribution < -0.4 is 0 Å². The Labute approximate surface area is 59.4 Å². The first-order valence-electron chi connectivity index (χ1n) is 3.18. The van der Waals surface area contributed by atoms with E-state index in [9.17, 15) is 0 Å². The van der Waals surface area contributed by atoms with Gasteiger partial charge in [-0.2, -0.15) is 0 Å². The average molecular weight is 148 g/mol. The molecule has 1 saturated heterocycles. The molecule has 0 aromatic rings. The van der Waals surface area contributed by atoms with E-state index in [2.05, 4.69) is 4.74 Å². The summed E-state index contributed by atoms with van der Waals surface area (Å²) in [7, 11) is 0. The molecule has 0 amide bonds. The molecule has 1 aliphatic heterocycles. The third-order valence-corrected chi connectivity index (χ3v) is 1.63. The predicted molar refractivity (Wildman–Crippen MR) is 33.2 cm³/mol. The van der Waals surface area contributed by atoms with Gasteiger partial charge in [0.2, 0.25) is 0 Å². The maximum Gasteiger partial charge on any atom is 0.308 e. The minimum absolute atomic E-state index is 0.219. The topological polar surface area (TPSA) is 58.9 Å². The molecule has 0 aromatic heterocycles.